The van der Waals surface area contributed by atoms with Crippen molar-refractivity contribution >= 4 is 50.5 Å². The number of rotatable bonds is 2. The van der Waals surface area contributed by atoms with Crippen molar-refractivity contribution in [3.8, 4) is 11.3 Å². The maximum atomic E-state index is 5.57. The zero-order chi connectivity index (χ0) is 14.3. The van der Waals surface area contributed by atoms with Crippen LogP contribution in [-0.4, -0.2) is 43.3 Å². The van der Waals surface area contributed by atoms with E-state index in [-0.39, 0.29) is 0 Å². The number of aromatic nitrogens is 4. The Morgan fingerprint density at radius 3 is 2.60 bits per heavy atom. The Morgan fingerprint density at radius 2 is 1.90 bits per heavy atom. The third-order valence-electron chi connectivity index (χ3n) is 2.78. The first-order valence-corrected chi connectivity index (χ1v) is 6.57. The van der Waals surface area contributed by atoms with Crippen LogP contribution in [0, 0.1) is 0 Å². The number of hydrogen-bond acceptors (Lipinski definition) is 3. The molecule has 3 rings (SSSR count). The minimum absolute atomic E-state index is 0.672. The summed E-state index contributed by atoms with van der Waals surface area (Å²) in [4.78, 5) is 8.89. The predicted molar refractivity (Wildman–Crippen MR) is 83.7 cm³/mol. The molecule has 3 aromatic rings. The SMILES string of the molecule is [B]C([B])([B])n1cc(-c2cnc3ccc(Br)cc3n2)cn1. The first-order chi connectivity index (χ1) is 9.43. The molecule has 0 amide bonds. The largest absolute Gasteiger partial charge is 0.292 e. The van der Waals surface area contributed by atoms with E-state index in [1.54, 1.807) is 18.6 Å². The molecule has 0 N–H and O–H groups in total. The van der Waals surface area contributed by atoms with Crippen LogP contribution in [0.2, 0.25) is 0 Å². The number of fused-ring (bicyclic) bond motifs is 1. The second-order valence-corrected chi connectivity index (χ2v) is 5.36. The van der Waals surface area contributed by atoms with Crippen LogP contribution in [0.5, 0.6) is 0 Å². The number of hydrogen-bond donors (Lipinski definition) is 0. The maximum Gasteiger partial charge on any atom is 0.0924 e. The van der Waals surface area contributed by atoms with Gasteiger partial charge in [0.05, 0.1) is 52.7 Å². The molecule has 0 saturated carbocycles. The molecule has 8 heteroatoms. The molecule has 2 aromatic heterocycles. The lowest BCUT2D eigenvalue weighted by Crippen LogP contribution is -2.35. The summed E-state index contributed by atoms with van der Waals surface area (Å²) in [7, 11) is 16.7. The minimum Gasteiger partial charge on any atom is -0.292 e. The van der Waals surface area contributed by atoms with Crippen molar-refractivity contribution in [1.29, 1.82) is 0 Å². The Hall–Kier alpha value is -1.56. The molecule has 0 saturated heterocycles. The molecular formula is C12H6B3BrN4. The smallest absolute Gasteiger partial charge is 0.0924 e. The van der Waals surface area contributed by atoms with E-state index in [0.29, 0.717) is 5.69 Å². The van der Waals surface area contributed by atoms with Gasteiger partial charge in [0.25, 0.3) is 0 Å². The maximum absolute atomic E-state index is 5.57. The van der Waals surface area contributed by atoms with Crippen LogP contribution in [0.4, 0.5) is 0 Å². The molecule has 2 heterocycles. The van der Waals surface area contributed by atoms with Gasteiger partial charge in [-0.1, -0.05) is 15.9 Å². The van der Waals surface area contributed by atoms with Crippen LogP contribution in [0.1, 0.15) is 0 Å². The third-order valence-corrected chi connectivity index (χ3v) is 3.27. The van der Waals surface area contributed by atoms with Crippen LogP contribution in [-0.2, 0) is 5.24 Å². The molecule has 0 aliphatic carbocycles. The monoisotopic (exact) mass is 318 g/mol. The van der Waals surface area contributed by atoms with E-state index in [1.807, 2.05) is 18.2 Å². The first kappa shape index (κ1) is 13.4. The van der Waals surface area contributed by atoms with E-state index in [9.17, 15) is 0 Å². The summed E-state index contributed by atoms with van der Waals surface area (Å²) < 4.78 is 2.21. The Morgan fingerprint density at radius 1 is 1.10 bits per heavy atom. The first-order valence-electron chi connectivity index (χ1n) is 5.78. The summed E-state index contributed by atoms with van der Waals surface area (Å²) in [5, 5.41) is 2.49. The lowest BCUT2D eigenvalue weighted by Gasteiger charge is -2.20. The van der Waals surface area contributed by atoms with Gasteiger partial charge in [-0.25, -0.2) is 4.98 Å². The van der Waals surface area contributed by atoms with Crippen molar-refractivity contribution in [3.05, 3.63) is 41.3 Å². The Labute approximate surface area is 128 Å². The van der Waals surface area contributed by atoms with Gasteiger partial charge in [-0.3, -0.25) is 9.67 Å². The van der Waals surface area contributed by atoms with Gasteiger partial charge in [-0.2, -0.15) is 5.10 Å². The summed E-state index contributed by atoms with van der Waals surface area (Å²) in [6.07, 6.45) is 4.89. The van der Waals surface area contributed by atoms with E-state index in [4.69, 9.17) is 23.5 Å². The van der Waals surface area contributed by atoms with Crippen LogP contribution in [0.25, 0.3) is 22.3 Å². The van der Waals surface area contributed by atoms with Gasteiger partial charge in [0.15, 0.2) is 0 Å². The van der Waals surface area contributed by atoms with E-state index in [1.165, 1.54) is 4.68 Å². The second-order valence-electron chi connectivity index (χ2n) is 4.45. The normalized spacial score (nSPS) is 11.8. The second kappa shape index (κ2) is 4.77. The molecule has 6 radical (unpaired) electrons. The van der Waals surface area contributed by atoms with Crippen LogP contribution in [0.3, 0.4) is 0 Å². The standard InChI is InChI=1S/C12H6B3BrN4/c13-12(14,15)20-6-7(4-18-20)11-5-17-9-2-1-8(16)3-10(9)19-11/h1-6H. The molecule has 90 valence electrons. The number of nitrogens with zero attached hydrogens (tertiary/aromatic N) is 4. The minimum atomic E-state index is -1.54. The van der Waals surface area contributed by atoms with Gasteiger partial charge in [0, 0.05) is 16.2 Å². The molecule has 0 unspecified atom stereocenters. The average molecular weight is 319 g/mol. The predicted octanol–water partition coefficient (Wildman–Crippen LogP) is 1.33. The topological polar surface area (TPSA) is 43.6 Å². The molecule has 0 atom stereocenters. The Balaban J connectivity index is 2.08. The van der Waals surface area contributed by atoms with Gasteiger partial charge < -0.3 is 0 Å². The van der Waals surface area contributed by atoms with Crippen molar-refractivity contribution in [2.24, 2.45) is 0 Å². The quantitative estimate of drug-likeness (QED) is 0.670. The molecule has 0 aliphatic rings. The fourth-order valence-corrected chi connectivity index (χ4v) is 2.14. The van der Waals surface area contributed by atoms with Crippen LogP contribution < -0.4 is 0 Å². The zero-order valence-electron chi connectivity index (χ0n) is 10.4. The summed E-state index contributed by atoms with van der Waals surface area (Å²) >= 11 is 3.41. The summed E-state index contributed by atoms with van der Waals surface area (Å²) in [5.74, 6) is 0. The highest BCUT2D eigenvalue weighted by Gasteiger charge is 2.14. The lowest BCUT2D eigenvalue weighted by molar-refractivity contribution is 0.671. The summed E-state index contributed by atoms with van der Waals surface area (Å²) in [5.41, 5.74) is 3.01. The molecule has 0 fully saturated rings. The lowest BCUT2D eigenvalue weighted by atomic mass is 9.49. The van der Waals surface area contributed by atoms with Gasteiger partial charge in [-0.05, 0) is 23.4 Å². The van der Waals surface area contributed by atoms with Crippen molar-refractivity contribution in [1.82, 2.24) is 19.7 Å². The van der Waals surface area contributed by atoms with Crippen molar-refractivity contribution in [3.63, 3.8) is 0 Å². The molecule has 4 nitrogen and oxygen atoms in total. The van der Waals surface area contributed by atoms with Gasteiger partial charge >= 0.3 is 0 Å². The molecule has 20 heavy (non-hydrogen) atoms. The fourth-order valence-electron chi connectivity index (χ4n) is 1.79. The van der Waals surface area contributed by atoms with Crippen LogP contribution in [0.15, 0.2) is 41.3 Å². The average Bonchev–Trinajstić information content (AvgIpc) is 2.87. The van der Waals surface area contributed by atoms with Gasteiger partial charge in [-0.15, -0.1) is 0 Å². The van der Waals surface area contributed by atoms with Gasteiger partial charge in [0.1, 0.15) is 0 Å². The van der Waals surface area contributed by atoms with Crippen molar-refractivity contribution in [2.45, 2.75) is 5.24 Å². The number of benzene rings is 1. The molecule has 0 bridgehead atoms. The fraction of sp³-hybridized carbons (Fsp3) is 0.0833. The highest BCUT2D eigenvalue weighted by Crippen LogP contribution is 2.21. The number of halogens is 1. The van der Waals surface area contributed by atoms with E-state index in [0.717, 1.165) is 21.1 Å². The van der Waals surface area contributed by atoms with E-state index >= 15 is 0 Å². The van der Waals surface area contributed by atoms with E-state index in [2.05, 4.69) is 31.0 Å². The Bertz CT molecular complexity index is 782. The highest BCUT2D eigenvalue weighted by atomic mass is 79.9. The highest BCUT2D eigenvalue weighted by molar-refractivity contribution is 9.10. The molecule has 0 aliphatic heterocycles. The summed E-state index contributed by atoms with van der Waals surface area (Å²) in [6, 6.07) is 5.71. The Kier molecular flexibility index (Phi) is 3.20. The molecule has 0 spiro atoms. The third kappa shape index (κ3) is 2.52. The molecule has 1 aromatic carbocycles. The van der Waals surface area contributed by atoms with E-state index < -0.39 is 5.24 Å². The molecular weight excluding hydrogens is 313 g/mol. The van der Waals surface area contributed by atoms with Crippen LogP contribution >= 0.6 is 15.9 Å². The van der Waals surface area contributed by atoms with Crippen molar-refractivity contribution < 1.29 is 0 Å². The van der Waals surface area contributed by atoms with Gasteiger partial charge in [0.2, 0.25) is 0 Å². The zero-order valence-corrected chi connectivity index (χ0v) is 11.9. The van der Waals surface area contributed by atoms with Crippen molar-refractivity contribution in [2.75, 3.05) is 0 Å². The summed E-state index contributed by atoms with van der Waals surface area (Å²) in [6.45, 7) is 0.